The van der Waals surface area contributed by atoms with E-state index in [1.54, 1.807) is 6.21 Å². The standard InChI is InChI=1S/C22H21N3O3/c1-15-10-18(16(2)25(15)19-6-4-3-5-7-19)13-23-24-22(26)12-17-8-9-20-21(11-17)28-14-27-20/h3-11,13H,12,14H2,1-2H3,(H,24,26)/b23-13-. The van der Waals surface area contributed by atoms with Crippen molar-refractivity contribution in [1.82, 2.24) is 9.99 Å². The number of amides is 1. The summed E-state index contributed by atoms with van der Waals surface area (Å²) >= 11 is 0. The van der Waals surface area contributed by atoms with Gasteiger partial charge in [-0.25, -0.2) is 5.43 Å². The van der Waals surface area contributed by atoms with Gasteiger partial charge in [-0.1, -0.05) is 24.3 Å². The number of fused-ring (bicyclic) bond motifs is 1. The fourth-order valence-corrected chi connectivity index (χ4v) is 3.34. The number of aryl methyl sites for hydroxylation is 1. The number of hydrogen-bond donors (Lipinski definition) is 1. The van der Waals surface area contributed by atoms with Crippen molar-refractivity contribution < 1.29 is 14.3 Å². The van der Waals surface area contributed by atoms with Gasteiger partial charge in [-0.3, -0.25) is 4.79 Å². The predicted molar refractivity (Wildman–Crippen MR) is 107 cm³/mol. The highest BCUT2D eigenvalue weighted by atomic mass is 16.7. The maximum atomic E-state index is 12.2. The quantitative estimate of drug-likeness (QED) is 0.548. The van der Waals surface area contributed by atoms with Crippen LogP contribution in [0.5, 0.6) is 11.5 Å². The first-order valence-corrected chi connectivity index (χ1v) is 9.06. The lowest BCUT2D eigenvalue weighted by molar-refractivity contribution is -0.120. The topological polar surface area (TPSA) is 64.8 Å². The average molecular weight is 375 g/mol. The van der Waals surface area contributed by atoms with Gasteiger partial charge >= 0.3 is 0 Å². The van der Waals surface area contributed by atoms with Gasteiger partial charge in [0.1, 0.15) is 0 Å². The van der Waals surface area contributed by atoms with E-state index >= 15 is 0 Å². The van der Waals surface area contributed by atoms with Gasteiger partial charge in [0.25, 0.3) is 0 Å². The number of rotatable bonds is 5. The van der Waals surface area contributed by atoms with E-state index in [-0.39, 0.29) is 19.1 Å². The second-order valence-electron chi connectivity index (χ2n) is 6.65. The minimum Gasteiger partial charge on any atom is -0.454 e. The van der Waals surface area contributed by atoms with E-state index in [0.29, 0.717) is 11.5 Å². The van der Waals surface area contributed by atoms with E-state index < -0.39 is 0 Å². The minimum atomic E-state index is -0.188. The number of nitrogens with zero attached hydrogens (tertiary/aromatic N) is 2. The molecular formula is C22H21N3O3. The Labute approximate surface area is 163 Å². The van der Waals surface area contributed by atoms with Crippen LogP contribution in [0.4, 0.5) is 0 Å². The molecule has 1 N–H and O–H groups in total. The molecule has 3 aromatic rings. The monoisotopic (exact) mass is 375 g/mol. The van der Waals surface area contributed by atoms with Crippen molar-refractivity contribution >= 4 is 12.1 Å². The van der Waals surface area contributed by atoms with E-state index in [1.165, 1.54) is 0 Å². The third-order valence-electron chi connectivity index (χ3n) is 4.68. The number of benzene rings is 2. The number of para-hydroxylation sites is 1. The van der Waals surface area contributed by atoms with Crippen molar-refractivity contribution in [3.05, 3.63) is 77.1 Å². The van der Waals surface area contributed by atoms with Gasteiger partial charge in [-0.05, 0) is 49.7 Å². The summed E-state index contributed by atoms with van der Waals surface area (Å²) in [6.07, 6.45) is 1.90. The molecule has 0 saturated heterocycles. The number of nitrogens with one attached hydrogen (secondary N) is 1. The molecule has 1 amide bonds. The molecule has 0 spiro atoms. The normalized spacial score (nSPS) is 12.5. The molecule has 6 heteroatoms. The second kappa shape index (κ2) is 7.60. The molecular weight excluding hydrogens is 354 g/mol. The maximum absolute atomic E-state index is 12.2. The van der Waals surface area contributed by atoms with Gasteiger partial charge in [0.05, 0.1) is 12.6 Å². The fraction of sp³-hybridized carbons (Fsp3) is 0.182. The van der Waals surface area contributed by atoms with Crippen LogP contribution in [-0.2, 0) is 11.2 Å². The molecule has 4 rings (SSSR count). The molecule has 2 aromatic carbocycles. The van der Waals surface area contributed by atoms with Crippen molar-refractivity contribution in [2.75, 3.05) is 6.79 Å². The smallest absolute Gasteiger partial charge is 0.244 e. The highest BCUT2D eigenvalue weighted by molar-refractivity contribution is 5.85. The summed E-state index contributed by atoms with van der Waals surface area (Å²) in [5, 5.41) is 4.13. The molecule has 0 unspecified atom stereocenters. The third-order valence-corrected chi connectivity index (χ3v) is 4.68. The summed E-state index contributed by atoms with van der Waals surface area (Å²) in [5.41, 5.74) is 7.68. The van der Waals surface area contributed by atoms with Crippen molar-refractivity contribution in [1.29, 1.82) is 0 Å². The Morgan fingerprint density at radius 3 is 2.71 bits per heavy atom. The van der Waals surface area contributed by atoms with Crippen LogP contribution in [0.1, 0.15) is 22.5 Å². The SMILES string of the molecule is Cc1cc(/C=N\NC(=O)Cc2ccc3c(c2)OCO3)c(C)n1-c1ccccc1. The third kappa shape index (κ3) is 3.62. The van der Waals surface area contributed by atoms with E-state index in [0.717, 1.165) is 28.2 Å². The molecule has 2 heterocycles. The Morgan fingerprint density at radius 2 is 1.89 bits per heavy atom. The molecule has 0 fully saturated rings. The zero-order valence-corrected chi connectivity index (χ0v) is 15.8. The van der Waals surface area contributed by atoms with Crippen LogP contribution in [0.15, 0.2) is 59.7 Å². The van der Waals surface area contributed by atoms with Gasteiger partial charge in [0, 0.05) is 22.6 Å². The first-order chi connectivity index (χ1) is 13.6. The first kappa shape index (κ1) is 17.9. The van der Waals surface area contributed by atoms with Crippen LogP contribution in [0.2, 0.25) is 0 Å². The number of ether oxygens (including phenoxy) is 2. The Bertz CT molecular complexity index is 1040. The van der Waals surface area contributed by atoms with E-state index in [9.17, 15) is 4.79 Å². The summed E-state index contributed by atoms with van der Waals surface area (Å²) in [6, 6.07) is 17.7. The number of carbonyl (C=O) groups is 1. The van der Waals surface area contributed by atoms with Crippen LogP contribution in [0.25, 0.3) is 5.69 Å². The molecule has 6 nitrogen and oxygen atoms in total. The minimum absolute atomic E-state index is 0.188. The van der Waals surface area contributed by atoms with E-state index in [4.69, 9.17) is 9.47 Å². The molecule has 0 radical (unpaired) electrons. The average Bonchev–Trinajstić information content (AvgIpc) is 3.26. The number of carbonyl (C=O) groups excluding carboxylic acids is 1. The first-order valence-electron chi connectivity index (χ1n) is 9.06. The van der Waals surface area contributed by atoms with Crippen LogP contribution in [0.3, 0.4) is 0 Å². The fourth-order valence-electron chi connectivity index (χ4n) is 3.34. The molecule has 142 valence electrons. The molecule has 1 aromatic heterocycles. The summed E-state index contributed by atoms with van der Waals surface area (Å²) in [7, 11) is 0. The summed E-state index contributed by atoms with van der Waals surface area (Å²) in [4.78, 5) is 12.2. The summed E-state index contributed by atoms with van der Waals surface area (Å²) in [6.45, 7) is 4.31. The predicted octanol–water partition coefficient (Wildman–Crippen LogP) is 3.52. The van der Waals surface area contributed by atoms with Crippen molar-refractivity contribution in [2.45, 2.75) is 20.3 Å². The second-order valence-corrected chi connectivity index (χ2v) is 6.65. The maximum Gasteiger partial charge on any atom is 0.244 e. The molecule has 0 bridgehead atoms. The lowest BCUT2D eigenvalue weighted by atomic mass is 10.1. The highest BCUT2D eigenvalue weighted by Crippen LogP contribution is 2.32. The molecule has 0 atom stereocenters. The van der Waals surface area contributed by atoms with Crippen molar-refractivity contribution in [3.8, 4) is 17.2 Å². The lowest BCUT2D eigenvalue weighted by Crippen LogP contribution is -2.19. The Balaban J connectivity index is 1.42. The molecule has 28 heavy (non-hydrogen) atoms. The van der Waals surface area contributed by atoms with Gasteiger partial charge < -0.3 is 14.0 Å². The molecule has 1 aliphatic rings. The lowest BCUT2D eigenvalue weighted by Gasteiger charge is -2.09. The van der Waals surface area contributed by atoms with Crippen LogP contribution in [0, 0.1) is 13.8 Å². The number of hydrazone groups is 1. The van der Waals surface area contributed by atoms with Crippen molar-refractivity contribution in [3.63, 3.8) is 0 Å². The Kier molecular flexibility index (Phi) is 4.85. The van der Waals surface area contributed by atoms with Gasteiger partial charge in [0.15, 0.2) is 11.5 Å². The largest absolute Gasteiger partial charge is 0.454 e. The Morgan fingerprint density at radius 1 is 1.11 bits per heavy atom. The van der Waals surface area contributed by atoms with Crippen LogP contribution < -0.4 is 14.9 Å². The number of hydrogen-bond acceptors (Lipinski definition) is 4. The van der Waals surface area contributed by atoms with Gasteiger partial charge in [-0.2, -0.15) is 5.10 Å². The van der Waals surface area contributed by atoms with E-state index in [2.05, 4.69) is 40.2 Å². The van der Waals surface area contributed by atoms with E-state index in [1.807, 2.05) is 43.3 Å². The van der Waals surface area contributed by atoms with Crippen molar-refractivity contribution in [2.24, 2.45) is 5.10 Å². The Hall–Kier alpha value is -3.54. The van der Waals surface area contributed by atoms with Gasteiger partial charge in [-0.15, -0.1) is 0 Å². The summed E-state index contributed by atoms with van der Waals surface area (Å²) < 4.78 is 12.8. The van der Waals surface area contributed by atoms with Crippen LogP contribution >= 0.6 is 0 Å². The molecule has 1 aliphatic heterocycles. The summed E-state index contributed by atoms with van der Waals surface area (Å²) in [5.74, 6) is 1.19. The number of aromatic nitrogens is 1. The zero-order chi connectivity index (χ0) is 19.5. The van der Waals surface area contributed by atoms with Crippen LogP contribution in [-0.4, -0.2) is 23.5 Å². The molecule has 0 aliphatic carbocycles. The zero-order valence-electron chi connectivity index (χ0n) is 15.8. The highest BCUT2D eigenvalue weighted by Gasteiger charge is 2.14. The molecule has 0 saturated carbocycles. The van der Waals surface area contributed by atoms with Gasteiger partial charge in [0.2, 0.25) is 12.7 Å².